The normalized spacial score (nSPS) is 17.9. The van der Waals surface area contributed by atoms with Crippen molar-refractivity contribution in [1.29, 1.82) is 0 Å². The molecule has 0 saturated carbocycles. The largest absolute Gasteiger partial charge is 0.493 e. The molecule has 0 aromatic heterocycles. The first-order valence-electron chi connectivity index (χ1n) is 13.5. The molecular weight excluding hydrogens is 612 g/mol. The van der Waals surface area contributed by atoms with Crippen molar-refractivity contribution >= 4 is 34.2 Å². The third-order valence-corrected chi connectivity index (χ3v) is 8.53. The molecule has 39 heavy (non-hydrogen) atoms. The SMILES string of the molecule is COCCCN1C2=C(C(=O)CCC2)C(c2cc(I)c(OCc3ccccc3F)c(OC)c2)C2=C1CCCC2=O. The number of halogens is 2. The van der Waals surface area contributed by atoms with E-state index in [4.69, 9.17) is 14.2 Å². The smallest absolute Gasteiger partial charge is 0.174 e. The summed E-state index contributed by atoms with van der Waals surface area (Å²) in [5.41, 5.74) is 4.88. The summed E-state index contributed by atoms with van der Waals surface area (Å²) in [6.07, 6.45) is 5.03. The minimum Gasteiger partial charge on any atom is -0.493 e. The van der Waals surface area contributed by atoms with Gasteiger partial charge in [-0.05, 0) is 78.5 Å². The lowest BCUT2D eigenvalue weighted by Crippen LogP contribution is -2.39. The number of rotatable bonds is 9. The standard InChI is InChI=1S/C31H33FINO5/c1-37-15-7-14-34-23-10-5-12-25(35)29(23)28(30-24(34)11-6-13-26(30)36)20-16-22(33)31(27(17-20)38-2)39-18-19-8-3-4-9-21(19)32/h3-4,8-9,16-17,28H,5-7,10-15,18H2,1-2H3. The van der Waals surface area contributed by atoms with Crippen LogP contribution in [0.4, 0.5) is 4.39 Å². The predicted octanol–water partition coefficient (Wildman–Crippen LogP) is 6.47. The Hall–Kier alpha value is -2.72. The molecule has 0 unspecified atom stereocenters. The quantitative estimate of drug-likeness (QED) is 0.230. The van der Waals surface area contributed by atoms with Gasteiger partial charge in [0.2, 0.25) is 0 Å². The Morgan fingerprint density at radius 3 is 2.26 bits per heavy atom. The summed E-state index contributed by atoms with van der Waals surface area (Å²) in [5.74, 6) is 0.457. The lowest BCUT2D eigenvalue weighted by molar-refractivity contribution is -0.117. The van der Waals surface area contributed by atoms with Gasteiger partial charge in [0.1, 0.15) is 12.4 Å². The third-order valence-electron chi connectivity index (χ3n) is 7.73. The summed E-state index contributed by atoms with van der Waals surface area (Å²) in [4.78, 5) is 29.3. The topological polar surface area (TPSA) is 65.1 Å². The van der Waals surface area contributed by atoms with Crippen LogP contribution in [-0.2, 0) is 20.9 Å². The molecule has 6 nitrogen and oxygen atoms in total. The summed E-state index contributed by atoms with van der Waals surface area (Å²) < 4.78 is 32.1. The first-order chi connectivity index (χ1) is 18.9. The number of carbonyl (C=O) groups excluding carboxylic acids is 2. The number of ketones is 2. The van der Waals surface area contributed by atoms with Crippen LogP contribution in [0, 0.1) is 9.39 Å². The molecule has 0 spiro atoms. The highest BCUT2D eigenvalue weighted by Crippen LogP contribution is 2.50. The van der Waals surface area contributed by atoms with Crippen LogP contribution in [0.25, 0.3) is 0 Å². The Morgan fingerprint density at radius 1 is 0.974 bits per heavy atom. The Balaban J connectivity index is 1.58. The van der Waals surface area contributed by atoms with Gasteiger partial charge in [-0.2, -0.15) is 0 Å². The van der Waals surface area contributed by atoms with E-state index in [1.54, 1.807) is 32.4 Å². The molecule has 0 amide bonds. The number of methoxy groups -OCH3 is 2. The lowest BCUT2D eigenvalue weighted by Gasteiger charge is -2.44. The molecular formula is C31H33FINO5. The van der Waals surface area contributed by atoms with Gasteiger partial charge in [0, 0.05) is 67.1 Å². The van der Waals surface area contributed by atoms with E-state index in [0.29, 0.717) is 36.5 Å². The van der Waals surface area contributed by atoms with Gasteiger partial charge in [0.25, 0.3) is 0 Å². The average molecular weight is 646 g/mol. The molecule has 0 N–H and O–H groups in total. The monoisotopic (exact) mass is 645 g/mol. The molecule has 2 aliphatic carbocycles. The number of carbonyl (C=O) groups is 2. The number of hydrogen-bond donors (Lipinski definition) is 0. The lowest BCUT2D eigenvalue weighted by atomic mass is 9.71. The number of ether oxygens (including phenoxy) is 3. The molecule has 0 fully saturated rings. The van der Waals surface area contributed by atoms with E-state index in [1.807, 2.05) is 12.1 Å². The molecule has 0 radical (unpaired) electrons. The van der Waals surface area contributed by atoms with E-state index >= 15 is 0 Å². The zero-order chi connectivity index (χ0) is 27.5. The van der Waals surface area contributed by atoms with Gasteiger partial charge in [0.15, 0.2) is 23.1 Å². The minimum absolute atomic E-state index is 0.0554. The van der Waals surface area contributed by atoms with Crippen molar-refractivity contribution < 1.29 is 28.2 Å². The molecule has 8 heteroatoms. The first-order valence-corrected chi connectivity index (χ1v) is 14.5. The zero-order valence-corrected chi connectivity index (χ0v) is 24.5. The Labute approximate surface area is 242 Å². The van der Waals surface area contributed by atoms with Gasteiger partial charge in [-0.15, -0.1) is 0 Å². The number of Topliss-reactive ketones (excluding diaryl/α,β-unsaturated/α-hetero) is 2. The van der Waals surface area contributed by atoms with Crippen LogP contribution in [0.15, 0.2) is 58.9 Å². The maximum Gasteiger partial charge on any atom is 0.174 e. The summed E-state index contributed by atoms with van der Waals surface area (Å²) in [6, 6.07) is 10.4. The molecule has 206 valence electrons. The van der Waals surface area contributed by atoms with Crippen molar-refractivity contribution in [2.24, 2.45) is 0 Å². The van der Waals surface area contributed by atoms with Crippen molar-refractivity contribution in [2.75, 3.05) is 27.4 Å². The fourth-order valence-corrected chi connectivity index (χ4v) is 6.78. The minimum atomic E-state index is -0.433. The fraction of sp³-hybridized carbons (Fsp3) is 0.419. The van der Waals surface area contributed by atoms with Crippen molar-refractivity contribution in [1.82, 2.24) is 4.90 Å². The molecule has 0 bridgehead atoms. The van der Waals surface area contributed by atoms with Gasteiger partial charge >= 0.3 is 0 Å². The van der Waals surface area contributed by atoms with Gasteiger partial charge in [0.05, 0.1) is 10.7 Å². The second-order valence-electron chi connectivity index (χ2n) is 10.1. The molecule has 1 heterocycles. The highest BCUT2D eigenvalue weighted by Gasteiger charge is 2.43. The van der Waals surface area contributed by atoms with Crippen LogP contribution in [0.5, 0.6) is 11.5 Å². The van der Waals surface area contributed by atoms with Gasteiger partial charge in [-0.1, -0.05) is 18.2 Å². The van der Waals surface area contributed by atoms with Crippen molar-refractivity contribution in [3.8, 4) is 11.5 Å². The Kier molecular flexibility index (Phi) is 8.71. The molecule has 0 saturated heterocycles. The van der Waals surface area contributed by atoms with E-state index in [9.17, 15) is 14.0 Å². The average Bonchev–Trinajstić information content (AvgIpc) is 2.93. The highest BCUT2D eigenvalue weighted by molar-refractivity contribution is 14.1. The summed E-state index contributed by atoms with van der Waals surface area (Å²) in [6.45, 7) is 1.40. The first kappa shape index (κ1) is 27.8. The van der Waals surface area contributed by atoms with E-state index < -0.39 is 5.92 Å². The van der Waals surface area contributed by atoms with E-state index in [0.717, 1.165) is 70.3 Å². The predicted molar refractivity (Wildman–Crippen MR) is 154 cm³/mol. The van der Waals surface area contributed by atoms with E-state index in [-0.39, 0.29) is 24.0 Å². The number of benzene rings is 2. The highest BCUT2D eigenvalue weighted by atomic mass is 127. The van der Waals surface area contributed by atoms with Crippen LogP contribution in [-0.4, -0.2) is 43.8 Å². The molecule has 2 aromatic rings. The summed E-state index contributed by atoms with van der Waals surface area (Å²) in [7, 11) is 3.26. The molecule has 3 aliphatic rings. The van der Waals surface area contributed by atoms with Crippen molar-refractivity contribution in [3.63, 3.8) is 0 Å². The molecule has 5 rings (SSSR count). The summed E-state index contributed by atoms with van der Waals surface area (Å²) >= 11 is 2.19. The van der Waals surface area contributed by atoms with Crippen LogP contribution in [0.3, 0.4) is 0 Å². The Bertz CT molecular complexity index is 1310. The maximum atomic E-state index is 14.2. The number of hydrogen-bond acceptors (Lipinski definition) is 6. The number of allylic oxidation sites excluding steroid dienone is 4. The Morgan fingerprint density at radius 2 is 1.64 bits per heavy atom. The van der Waals surface area contributed by atoms with Crippen molar-refractivity contribution in [3.05, 3.63) is 79.5 Å². The second-order valence-corrected chi connectivity index (χ2v) is 11.3. The van der Waals surface area contributed by atoms with Crippen LogP contribution in [0.1, 0.15) is 62.0 Å². The third kappa shape index (κ3) is 5.50. The van der Waals surface area contributed by atoms with Crippen LogP contribution >= 0.6 is 22.6 Å². The van der Waals surface area contributed by atoms with E-state index in [2.05, 4.69) is 27.5 Å². The zero-order valence-electron chi connectivity index (χ0n) is 22.4. The molecule has 1 aliphatic heterocycles. The van der Waals surface area contributed by atoms with Crippen LogP contribution < -0.4 is 9.47 Å². The van der Waals surface area contributed by atoms with Crippen LogP contribution in [0.2, 0.25) is 0 Å². The van der Waals surface area contributed by atoms with E-state index in [1.165, 1.54) is 6.07 Å². The maximum absolute atomic E-state index is 14.2. The molecule has 2 aromatic carbocycles. The van der Waals surface area contributed by atoms with Crippen molar-refractivity contribution in [2.45, 2.75) is 57.5 Å². The summed E-state index contributed by atoms with van der Waals surface area (Å²) in [5, 5.41) is 0. The van der Waals surface area contributed by atoms with Gasteiger partial charge in [-0.25, -0.2) is 4.39 Å². The fourth-order valence-electron chi connectivity index (χ4n) is 6.00. The second kappa shape index (κ2) is 12.2. The van der Waals surface area contributed by atoms with Gasteiger partial charge in [-0.3, -0.25) is 9.59 Å². The van der Waals surface area contributed by atoms with Gasteiger partial charge < -0.3 is 19.1 Å². The number of nitrogens with zero attached hydrogens (tertiary/aromatic N) is 1. The molecule has 0 atom stereocenters.